The molecule has 1 aliphatic carbocycles. The van der Waals surface area contributed by atoms with Gasteiger partial charge in [-0.1, -0.05) is 0 Å². The second-order valence-corrected chi connectivity index (χ2v) is 6.36. The van der Waals surface area contributed by atoms with Crippen LogP contribution in [0.15, 0.2) is 24.3 Å². The van der Waals surface area contributed by atoms with Crippen molar-refractivity contribution in [2.75, 3.05) is 45.7 Å². The van der Waals surface area contributed by atoms with Crippen LogP contribution in [0.25, 0.3) is 0 Å². The summed E-state index contributed by atoms with van der Waals surface area (Å²) in [5.41, 5.74) is -0.163. The van der Waals surface area contributed by atoms with Crippen LogP contribution in [-0.4, -0.2) is 62.0 Å². The molecule has 0 atom stereocenters. The van der Waals surface area contributed by atoms with Crippen LogP contribution in [0.2, 0.25) is 0 Å². The van der Waals surface area contributed by atoms with Crippen LogP contribution in [-0.2, 0) is 9.59 Å². The van der Waals surface area contributed by atoms with Gasteiger partial charge >= 0.3 is 0 Å². The first-order valence-electron chi connectivity index (χ1n) is 7.98. The Bertz CT molecular complexity index is 588. The molecule has 1 N–H and O–H groups in total. The highest BCUT2D eigenvalue weighted by Gasteiger charge is 2.58. The van der Waals surface area contributed by atoms with Gasteiger partial charge in [0.15, 0.2) is 0 Å². The Morgan fingerprint density at radius 3 is 2.22 bits per heavy atom. The highest BCUT2D eigenvalue weighted by Crippen LogP contribution is 2.48. The van der Waals surface area contributed by atoms with Crippen molar-refractivity contribution in [3.8, 4) is 5.75 Å². The Morgan fingerprint density at radius 2 is 1.70 bits per heavy atom. The summed E-state index contributed by atoms with van der Waals surface area (Å²) in [5.74, 6) is 0.529. The topological polar surface area (TPSA) is 61.9 Å². The molecule has 0 spiro atoms. The quantitative estimate of drug-likeness (QED) is 0.847. The van der Waals surface area contributed by atoms with Crippen LogP contribution in [0.4, 0.5) is 5.69 Å². The van der Waals surface area contributed by atoms with E-state index in [1.54, 1.807) is 31.4 Å². The standard InChI is InChI=1S/C17H23N3O3/c1-19-9-11-20(12-10-19)16(22)17(7-8-17)15(21)18-13-3-5-14(23-2)6-4-13/h3-6H,7-12H2,1-2H3,(H,18,21). The molecule has 1 aliphatic heterocycles. The first-order chi connectivity index (χ1) is 11.0. The normalized spacial score (nSPS) is 20.0. The predicted octanol–water partition coefficient (Wildman–Crippen LogP) is 1.19. The number of ether oxygens (including phenoxy) is 1. The number of likely N-dealkylation sites (N-methyl/N-ethyl adjacent to an activating group) is 1. The van der Waals surface area contributed by atoms with Crippen molar-refractivity contribution >= 4 is 17.5 Å². The minimum Gasteiger partial charge on any atom is -0.497 e. The smallest absolute Gasteiger partial charge is 0.240 e. The van der Waals surface area contributed by atoms with Gasteiger partial charge in [0, 0.05) is 31.9 Å². The molecule has 1 saturated heterocycles. The third kappa shape index (κ3) is 3.17. The van der Waals surface area contributed by atoms with E-state index in [0.717, 1.165) is 18.8 Å². The number of nitrogens with one attached hydrogen (secondary N) is 1. The molecular formula is C17H23N3O3. The van der Waals surface area contributed by atoms with Gasteiger partial charge in [0.1, 0.15) is 11.2 Å². The molecule has 23 heavy (non-hydrogen) atoms. The molecule has 2 amide bonds. The number of methoxy groups -OCH3 is 1. The molecule has 1 aromatic rings. The summed E-state index contributed by atoms with van der Waals surface area (Å²) in [6.45, 7) is 3.13. The van der Waals surface area contributed by atoms with Crippen LogP contribution in [0.5, 0.6) is 5.75 Å². The van der Waals surface area contributed by atoms with Crippen LogP contribution < -0.4 is 10.1 Å². The minimum absolute atomic E-state index is 0.0170. The van der Waals surface area contributed by atoms with Gasteiger partial charge in [-0.25, -0.2) is 0 Å². The summed E-state index contributed by atoms with van der Waals surface area (Å²) >= 11 is 0. The third-order valence-electron chi connectivity index (χ3n) is 4.73. The summed E-state index contributed by atoms with van der Waals surface area (Å²) in [6.07, 6.45) is 1.28. The molecule has 2 aliphatic rings. The lowest BCUT2D eigenvalue weighted by molar-refractivity contribution is -0.143. The van der Waals surface area contributed by atoms with Gasteiger partial charge in [-0.3, -0.25) is 9.59 Å². The molecule has 6 nitrogen and oxygen atoms in total. The van der Waals surface area contributed by atoms with Crippen LogP contribution in [0.3, 0.4) is 0 Å². The number of benzene rings is 1. The van der Waals surface area contributed by atoms with E-state index in [2.05, 4.69) is 10.2 Å². The molecule has 1 saturated carbocycles. The first-order valence-corrected chi connectivity index (χ1v) is 7.98. The van der Waals surface area contributed by atoms with E-state index in [0.29, 0.717) is 31.6 Å². The summed E-state index contributed by atoms with van der Waals surface area (Å²) in [5, 5.41) is 2.87. The Hall–Kier alpha value is -2.08. The number of hydrogen-bond acceptors (Lipinski definition) is 4. The number of carbonyl (C=O) groups is 2. The van der Waals surface area contributed by atoms with Gasteiger partial charge < -0.3 is 19.9 Å². The molecule has 2 fully saturated rings. The maximum absolute atomic E-state index is 12.7. The van der Waals surface area contributed by atoms with Crippen LogP contribution in [0.1, 0.15) is 12.8 Å². The Kier molecular flexibility index (Phi) is 4.26. The van der Waals surface area contributed by atoms with Gasteiger partial charge in [0.05, 0.1) is 7.11 Å². The lowest BCUT2D eigenvalue weighted by Crippen LogP contribution is -2.51. The lowest BCUT2D eigenvalue weighted by atomic mass is 10.0. The number of anilines is 1. The largest absolute Gasteiger partial charge is 0.497 e. The van der Waals surface area contributed by atoms with E-state index in [1.807, 2.05) is 11.9 Å². The molecule has 124 valence electrons. The zero-order chi connectivity index (χ0) is 16.4. The maximum Gasteiger partial charge on any atom is 0.240 e. The van der Waals surface area contributed by atoms with E-state index in [-0.39, 0.29) is 11.8 Å². The molecule has 0 unspecified atom stereocenters. The molecule has 0 aromatic heterocycles. The summed E-state index contributed by atoms with van der Waals surface area (Å²) in [4.78, 5) is 29.4. The molecular weight excluding hydrogens is 294 g/mol. The molecule has 3 rings (SSSR count). The minimum atomic E-state index is -0.851. The second-order valence-electron chi connectivity index (χ2n) is 6.36. The number of carbonyl (C=O) groups excluding carboxylic acids is 2. The van der Waals surface area contributed by atoms with Crippen molar-refractivity contribution in [2.24, 2.45) is 5.41 Å². The number of hydrogen-bond donors (Lipinski definition) is 1. The van der Waals surface area contributed by atoms with Crippen molar-refractivity contribution in [1.29, 1.82) is 0 Å². The fraction of sp³-hybridized carbons (Fsp3) is 0.529. The van der Waals surface area contributed by atoms with E-state index < -0.39 is 5.41 Å². The zero-order valence-electron chi connectivity index (χ0n) is 13.7. The van der Waals surface area contributed by atoms with Gasteiger partial charge in [-0.05, 0) is 44.2 Å². The van der Waals surface area contributed by atoms with Crippen molar-refractivity contribution in [3.63, 3.8) is 0 Å². The summed E-state index contributed by atoms with van der Waals surface area (Å²) in [6, 6.07) is 7.15. The highest BCUT2D eigenvalue weighted by atomic mass is 16.5. The Labute approximate surface area is 136 Å². The molecule has 1 heterocycles. The van der Waals surface area contributed by atoms with E-state index in [1.165, 1.54) is 0 Å². The van der Waals surface area contributed by atoms with Gasteiger partial charge in [-0.2, -0.15) is 0 Å². The van der Waals surface area contributed by atoms with Gasteiger partial charge in [-0.15, -0.1) is 0 Å². The number of rotatable bonds is 4. The Morgan fingerprint density at radius 1 is 1.09 bits per heavy atom. The van der Waals surface area contributed by atoms with E-state index in [9.17, 15) is 9.59 Å². The predicted molar refractivity (Wildman–Crippen MR) is 87.4 cm³/mol. The Balaban J connectivity index is 1.64. The average molecular weight is 317 g/mol. The van der Waals surface area contributed by atoms with Gasteiger partial charge in [0.25, 0.3) is 0 Å². The lowest BCUT2D eigenvalue weighted by Gasteiger charge is -2.34. The van der Waals surface area contributed by atoms with E-state index in [4.69, 9.17) is 4.74 Å². The zero-order valence-corrected chi connectivity index (χ0v) is 13.7. The van der Waals surface area contributed by atoms with Gasteiger partial charge in [0.2, 0.25) is 11.8 Å². The second kappa shape index (κ2) is 6.20. The third-order valence-corrected chi connectivity index (χ3v) is 4.73. The average Bonchev–Trinajstić information content (AvgIpc) is 3.37. The number of piperazine rings is 1. The fourth-order valence-corrected chi connectivity index (χ4v) is 2.90. The van der Waals surface area contributed by atoms with Crippen molar-refractivity contribution in [2.45, 2.75) is 12.8 Å². The highest BCUT2D eigenvalue weighted by molar-refractivity contribution is 6.13. The first kappa shape index (κ1) is 15.8. The van der Waals surface area contributed by atoms with Crippen LogP contribution >= 0.6 is 0 Å². The summed E-state index contributed by atoms with van der Waals surface area (Å²) in [7, 11) is 3.65. The molecule has 0 radical (unpaired) electrons. The van der Waals surface area contributed by atoms with Crippen molar-refractivity contribution in [3.05, 3.63) is 24.3 Å². The summed E-state index contributed by atoms with van der Waals surface area (Å²) < 4.78 is 5.10. The van der Waals surface area contributed by atoms with Crippen molar-refractivity contribution < 1.29 is 14.3 Å². The molecule has 0 bridgehead atoms. The molecule has 1 aromatic carbocycles. The number of amides is 2. The monoisotopic (exact) mass is 317 g/mol. The fourth-order valence-electron chi connectivity index (χ4n) is 2.90. The molecule has 6 heteroatoms. The number of nitrogens with zero attached hydrogens (tertiary/aromatic N) is 2. The van der Waals surface area contributed by atoms with E-state index >= 15 is 0 Å². The maximum atomic E-state index is 12.7. The SMILES string of the molecule is COc1ccc(NC(=O)C2(C(=O)N3CCN(C)CC3)CC2)cc1. The van der Waals surface area contributed by atoms with Crippen molar-refractivity contribution in [1.82, 2.24) is 9.80 Å². The van der Waals surface area contributed by atoms with Crippen LogP contribution in [0, 0.1) is 5.41 Å².